The molecule has 0 aliphatic carbocycles. The Morgan fingerprint density at radius 2 is 1.45 bits per heavy atom. The summed E-state index contributed by atoms with van der Waals surface area (Å²) in [5.74, 6) is -0.429. The van der Waals surface area contributed by atoms with E-state index in [0.717, 1.165) is 16.4 Å². The number of hydrogen-bond donors (Lipinski definition) is 1. The first-order valence-electron chi connectivity index (χ1n) is 11.4. The summed E-state index contributed by atoms with van der Waals surface area (Å²) in [5.41, 5.74) is -0.917. The van der Waals surface area contributed by atoms with Crippen LogP contribution in [0.2, 0.25) is 0 Å². The first-order chi connectivity index (χ1) is 18.1. The summed E-state index contributed by atoms with van der Waals surface area (Å²) in [6.45, 7) is -0.126. The number of carbonyl (C=O) groups is 1. The fourth-order valence-corrected chi connectivity index (χ4v) is 5.31. The number of para-hydroxylation sites is 2. The van der Waals surface area contributed by atoms with E-state index in [1.165, 1.54) is 61.7 Å². The van der Waals surface area contributed by atoms with Gasteiger partial charge in [0.25, 0.3) is 15.9 Å². The summed E-state index contributed by atoms with van der Waals surface area (Å²) < 4.78 is 74.4. The SMILES string of the molecule is COc1ccc(S(=O)(=O)N(Cc2ccccc2)c2ccccc2C(=O)Nc2ccccc2C(F)(F)F)cc1. The number of carbonyl (C=O) groups excluding carboxylic acids is 1. The Labute approximate surface area is 218 Å². The zero-order chi connectivity index (χ0) is 27.3. The van der Waals surface area contributed by atoms with E-state index in [1.807, 2.05) is 0 Å². The van der Waals surface area contributed by atoms with Crippen LogP contribution in [0, 0.1) is 0 Å². The van der Waals surface area contributed by atoms with E-state index in [0.29, 0.717) is 11.3 Å². The number of nitrogens with zero attached hydrogens (tertiary/aromatic N) is 1. The number of rotatable bonds is 8. The Morgan fingerprint density at radius 3 is 2.11 bits per heavy atom. The van der Waals surface area contributed by atoms with Crippen LogP contribution in [-0.4, -0.2) is 21.4 Å². The lowest BCUT2D eigenvalue weighted by Crippen LogP contribution is -2.32. The number of alkyl halides is 3. The van der Waals surface area contributed by atoms with Crippen molar-refractivity contribution in [2.24, 2.45) is 0 Å². The lowest BCUT2D eigenvalue weighted by atomic mass is 10.1. The number of ether oxygens (including phenoxy) is 1. The third-order valence-corrected chi connectivity index (χ3v) is 7.49. The van der Waals surface area contributed by atoms with E-state index in [1.54, 1.807) is 36.4 Å². The van der Waals surface area contributed by atoms with Crippen molar-refractivity contribution in [3.8, 4) is 5.75 Å². The van der Waals surface area contributed by atoms with Crippen LogP contribution in [0.25, 0.3) is 0 Å². The number of benzene rings is 4. The average molecular weight is 541 g/mol. The van der Waals surface area contributed by atoms with Crippen molar-refractivity contribution >= 4 is 27.3 Å². The molecule has 0 saturated heterocycles. The van der Waals surface area contributed by atoms with Gasteiger partial charge in [-0.3, -0.25) is 9.10 Å². The van der Waals surface area contributed by atoms with Crippen molar-refractivity contribution in [2.45, 2.75) is 17.6 Å². The van der Waals surface area contributed by atoms with Gasteiger partial charge in [0, 0.05) is 0 Å². The van der Waals surface area contributed by atoms with Gasteiger partial charge >= 0.3 is 6.18 Å². The van der Waals surface area contributed by atoms with Crippen LogP contribution in [0.5, 0.6) is 5.75 Å². The Bertz CT molecular complexity index is 1520. The molecule has 0 fully saturated rings. The lowest BCUT2D eigenvalue weighted by molar-refractivity contribution is -0.136. The Morgan fingerprint density at radius 1 is 0.842 bits per heavy atom. The Kier molecular flexibility index (Phi) is 7.72. The molecule has 0 unspecified atom stereocenters. The maximum absolute atomic E-state index is 13.9. The summed E-state index contributed by atoms with van der Waals surface area (Å²) in [6.07, 6.45) is -4.69. The number of hydrogen-bond acceptors (Lipinski definition) is 4. The van der Waals surface area contributed by atoms with E-state index in [4.69, 9.17) is 4.74 Å². The molecule has 0 radical (unpaired) electrons. The first-order valence-corrected chi connectivity index (χ1v) is 12.8. The summed E-state index contributed by atoms with van der Waals surface area (Å²) in [6, 6.07) is 25.0. The number of amides is 1. The van der Waals surface area contributed by atoms with E-state index in [-0.39, 0.29) is 22.7 Å². The third kappa shape index (κ3) is 5.81. The molecular weight excluding hydrogens is 517 g/mol. The highest BCUT2D eigenvalue weighted by molar-refractivity contribution is 7.92. The zero-order valence-corrected chi connectivity index (χ0v) is 21.0. The molecule has 196 valence electrons. The maximum Gasteiger partial charge on any atom is 0.418 e. The second-order valence-corrected chi connectivity index (χ2v) is 10.0. The van der Waals surface area contributed by atoms with Crippen LogP contribution in [-0.2, 0) is 22.7 Å². The minimum absolute atomic E-state index is 0.00848. The van der Waals surface area contributed by atoms with E-state index >= 15 is 0 Å². The van der Waals surface area contributed by atoms with E-state index in [9.17, 15) is 26.4 Å². The van der Waals surface area contributed by atoms with Gasteiger partial charge < -0.3 is 10.1 Å². The molecule has 10 heteroatoms. The Hall–Kier alpha value is -4.31. The van der Waals surface area contributed by atoms with Crippen molar-refractivity contribution in [2.75, 3.05) is 16.7 Å². The molecule has 4 rings (SSSR count). The number of sulfonamides is 1. The van der Waals surface area contributed by atoms with Crippen molar-refractivity contribution in [1.29, 1.82) is 0 Å². The molecule has 0 aliphatic rings. The molecule has 0 saturated carbocycles. The van der Waals surface area contributed by atoms with Crippen LogP contribution < -0.4 is 14.4 Å². The Balaban J connectivity index is 1.79. The second-order valence-electron chi connectivity index (χ2n) is 8.19. The van der Waals surface area contributed by atoms with Crippen molar-refractivity contribution < 1.29 is 31.1 Å². The van der Waals surface area contributed by atoms with E-state index in [2.05, 4.69) is 5.32 Å². The maximum atomic E-state index is 13.9. The quantitative estimate of drug-likeness (QED) is 0.282. The molecule has 4 aromatic carbocycles. The smallest absolute Gasteiger partial charge is 0.418 e. The van der Waals surface area contributed by atoms with Crippen molar-refractivity contribution in [3.05, 3.63) is 120 Å². The van der Waals surface area contributed by atoms with Gasteiger partial charge in [-0.05, 0) is 54.1 Å². The van der Waals surface area contributed by atoms with Crippen molar-refractivity contribution in [1.82, 2.24) is 0 Å². The number of methoxy groups -OCH3 is 1. The second kappa shape index (κ2) is 11.0. The molecule has 0 heterocycles. The molecule has 38 heavy (non-hydrogen) atoms. The summed E-state index contributed by atoms with van der Waals surface area (Å²) in [7, 11) is -2.76. The minimum Gasteiger partial charge on any atom is -0.497 e. The molecule has 4 aromatic rings. The molecular formula is C28H23F3N2O4S. The highest BCUT2D eigenvalue weighted by atomic mass is 32.2. The summed E-state index contributed by atoms with van der Waals surface area (Å²) >= 11 is 0. The van der Waals surface area contributed by atoms with Gasteiger partial charge in [-0.2, -0.15) is 13.2 Å². The van der Waals surface area contributed by atoms with Gasteiger partial charge in [-0.15, -0.1) is 0 Å². The first kappa shape index (κ1) is 26.7. The molecule has 0 atom stereocenters. The third-order valence-electron chi connectivity index (χ3n) is 5.71. The van der Waals surface area contributed by atoms with Crippen LogP contribution in [0.1, 0.15) is 21.5 Å². The number of nitrogens with one attached hydrogen (secondary N) is 1. The van der Waals surface area contributed by atoms with Gasteiger partial charge in [0.2, 0.25) is 0 Å². The monoisotopic (exact) mass is 540 g/mol. The number of halogens is 3. The molecule has 0 aliphatic heterocycles. The fourth-order valence-electron chi connectivity index (χ4n) is 3.84. The van der Waals surface area contributed by atoms with Crippen LogP contribution in [0.4, 0.5) is 24.5 Å². The average Bonchev–Trinajstić information content (AvgIpc) is 2.92. The van der Waals surface area contributed by atoms with Crippen LogP contribution in [0.3, 0.4) is 0 Å². The predicted molar refractivity (Wildman–Crippen MR) is 139 cm³/mol. The van der Waals surface area contributed by atoms with E-state index < -0.39 is 33.4 Å². The molecule has 1 N–H and O–H groups in total. The van der Waals surface area contributed by atoms with Gasteiger partial charge in [0.1, 0.15) is 5.75 Å². The van der Waals surface area contributed by atoms with Crippen molar-refractivity contribution in [3.63, 3.8) is 0 Å². The summed E-state index contributed by atoms with van der Waals surface area (Å²) in [5, 5.41) is 2.30. The summed E-state index contributed by atoms with van der Waals surface area (Å²) in [4.78, 5) is 13.3. The molecule has 0 aromatic heterocycles. The molecule has 1 amide bonds. The van der Waals surface area contributed by atoms with Crippen LogP contribution >= 0.6 is 0 Å². The fraction of sp³-hybridized carbons (Fsp3) is 0.107. The van der Waals surface area contributed by atoms with Gasteiger partial charge in [0.05, 0.1) is 41.1 Å². The highest BCUT2D eigenvalue weighted by Gasteiger charge is 2.34. The standard InChI is InChI=1S/C28H23F3N2O4S/c1-37-21-15-17-22(18-16-21)38(35,36)33(19-20-9-3-2-4-10-20)26-14-8-5-11-23(26)27(34)32-25-13-7-6-12-24(25)28(29,30)31/h2-18H,19H2,1H3,(H,32,34). The molecule has 0 bridgehead atoms. The largest absolute Gasteiger partial charge is 0.497 e. The molecule has 6 nitrogen and oxygen atoms in total. The topological polar surface area (TPSA) is 75.7 Å². The predicted octanol–water partition coefficient (Wildman–Crippen LogP) is 6.36. The van der Waals surface area contributed by atoms with Crippen LogP contribution in [0.15, 0.2) is 108 Å². The lowest BCUT2D eigenvalue weighted by Gasteiger charge is -2.27. The van der Waals surface area contributed by atoms with Gasteiger partial charge in [0.15, 0.2) is 0 Å². The minimum atomic E-state index is -4.69. The number of anilines is 2. The normalized spacial score (nSPS) is 11.6. The highest BCUT2D eigenvalue weighted by Crippen LogP contribution is 2.36. The zero-order valence-electron chi connectivity index (χ0n) is 20.1. The van der Waals surface area contributed by atoms with Gasteiger partial charge in [-0.25, -0.2) is 8.42 Å². The van der Waals surface area contributed by atoms with Gasteiger partial charge in [-0.1, -0.05) is 54.6 Å². The molecule has 0 spiro atoms.